The summed E-state index contributed by atoms with van der Waals surface area (Å²) in [5.74, 6) is 1.25. The molecule has 0 bridgehead atoms. The van der Waals surface area contributed by atoms with Gasteiger partial charge >= 0.3 is 0 Å². The van der Waals surface area contributed by atoms with Crippen LogP contribution in [0.4, 0.5) is 5.69 Å². The third kappa shape index (κ3) is 3.26. The van der Waals surface area contributed by atoms with Gasteiger partial charge in [0, 0.05) is 24.9 Å². The fourth-order valence-electron chi connectivity index (χ4n) is 2.45. The highest BCUT2D eigenvalue weighted by Crippen LogP contribution is 2.31. The van der Waals surface area contributed by atoms with Gasteiger partial charge in [-0.1, -0.05) is 0 Å². The zero-order chi connectivity index (χ0) is 18.0. The lowest BCUT2D eigenvalue weighted by molar-refractivity contribution is -0.123. The monoisotopic (exact) mass is 340 g/mol. The van der Waals surface area contributed by atoms with E-state index in [0.29, 0.717) is 28.8 Å². The molecular weight excluding hydrogens is 320 g/mol. The van der Waals surface area contributed by atoms with E-state index >= 15 is 0 Å². The number of hydrogen-bond donors (Lipinski definition) is 1. The lowest BCUT2D eigenvalue weighted by Gasteiger charge is -2.26. The summed E-state index contributed by atoms with van der Waals surface area (Å²) in [5.41, 5.74) is 0.488. The van der Waals surface area contributed by atoms with Gasteiger partial charge in [-0.2, -0.15) is 0 Å². The van der Waals surface area contributed by atoms with Crippen LogP contribution in [0.15, 0.2) is 47.1 Å². The van der Waals surface area contributed by atoms with Crippen molar-refractivity contribution in [2.75, 3.05) is 12.4 Å². The molecule has 0 fully saturated rings. The Labute approximate surface area is 145 Å². The van der Waals surface area contributed by atoms with Gasteiger partial charge in [0.2, 0.25) is 17.7 Å². The average molecular weight is 340 g/mol. The van der Waals surface area contributed by atoms with E-state index in [0.717, 1.165) is 0 Å². The van der Waals surface area contributed by atoms with E-state index < -0.39 is 5.54 Å². The van der Waals surface area contributed by atoms with E-state index in [1.165, 1.54) is 0 Å². The standard InChI is InChI=1S/C18H20N4O3/c1-12-20-21-16(25-12)13-7-8-15(24-4)14(11-13)19-17(23)18(2,3)22-9-5-6-10-22/h5-11H,1-4H3,(H,19,23). The fraction of sp³-hybridized carbons (Fsp3) is 0.278. The van der Waals surface area contributed by atoms with Gasteiger partial charge in [-0.25, -0.2) is 0 Å². The average Bonchev–Trinajstić information content (AvgIpc) is 3.26. The highest BCUT2D eigenvalue weighted by atomic mass is 16.5. The first-order valence-electron chi connectivity index (χ1n) is 7.85. The van der Waals surface area contributed by atoms with Crippen LogP contribution in [0.5, 0.6) is 5.75 Å². The molecule has 1 amide bonds. The van der Waals surface area contributed by atoms with E-state index in [-0.39, 0.29) is 5.91 Å². The predicted molar refractivity (Wildman–Crippen MR) is 93.4 cm³/mol. The highest BCUT2D eigenvalue weighted by molar-refractivity contribution is 5.97. The minimum atomic E-state index is -0.758. The molecule has 0 aliphatic heterocycles. The summed E-state index contributed by atoms with van der Waals surface area (Å²) in [6, 6.07) is 9.09. The number of hydrogen-bond acceptors (Lipinski definition) is 5. The maximum Gasteiger partial charge on any atom is 0.250 e. The SMILES string of the molecule is COc1ccc(-c2nnc(C)o2)cc1NC(=O)C(C)(C)n1cccc1. The summed E-state index contributed by atoms with van der Waals surface area (Å²) in [6.45, 7) is 5.42. The van der Waals surface area contributed by atoms with E-state index in [2.05, 4.69) is 15.5 Å². The molecule has 0 unspecified atom stereocenters. The molecule has 0 spiro atoms. The van der Waals surface area contributed by atoms with Gasteiger partial charge in [0.25, 0.3) is 0 Å². The molecule has 3 aromatic rings. The van der Waals surface area contributed by atoms with Crippen molar-refractivity contribution >= 4 is 11.6 Å². The van der Waals surface area contributed by atoms with Crippen molar-refractivity contribution in [1.29, 1.82) is 0 Å². The van der Waals surface area contributed by atoms with E-state index in [1.807, 2.05) is 42.9 Å². The van der Waals surface area contributed by atoms with E-state index in [9.17, 15) is 4.79 Å². The molecule has 3 rings (SSSR count). The Bertz CT molecular complexity index is 882. The van der Waals surface area contributed by atoms with Crippen LogP contribution in [-0.2, 0) is 10.3 Å². The van der Waals surface area contributed by atoms with Crippen LogP contribution >= 0.6 is 0 Å². The van der Waals surface area contributed by atoms with E-state index in [1.54, 1.807) is 32.2 Å². The number of aromatic nitrogens is 3. The number of ether oxygens (including phenoxy) is 1. The molecule has 0 saturated heterocycles. The number of methoxy groups -OCH3 is 1. The zero-order valence-electron chi connectivity index (χ0n) is 14.6. The van der Waals surface area contributed by atoms with Crippen LogP contribution in [0, 0.1) is 6.92 Å². The first-order chi connectivity index (χ1) is 11.9. The molecular formula is C18H20N4O3. The number of amides is 1. The van der Waals surface area contributed by atoms with Crippen molar-refractivity contribution in [3.63, 3.8) is 0 Å². The van der Waals surface area contributed by atoms with Gasteiger partial charge < -0.3 is 19.0 Å². The lowest BCUT2D eigenvalue weighted by Crippen LogP contribution is -2.39. The highest BCUT2D eigenvalue weighted by Gasteiger charge is 2.29. The van der Waals surface area contributed by atoms with Crippen LogP contribution in [0.1, 0.15) is 19.7 Å². The molecule has 0 atom stereocenters. The third-order valence-electron chi connectivity index (χ3n) is 4.03. The molecule has 0 aliphatic carbocycles. The summed E-state index contributed by atoms with van der Waals surface area (Å²) in [6.07, 6.45) is 3.71. The molecule has 0 aliphatic rings. The molecule has 25 heavy (non-hydrogen) atoms. The summed E-state index contributed by atoms with van der Waals surface area (Å²) in [7, 11) is 1.55. The van der Waals surface area contributed by atoms with Crippen molar-refractivity contribution in [2.24, 2.45) is 0 Å². The first-order valence-corrected chi connectivity index (χ1v) is 7.85. The summed E-state index contributed by atoms with van der Waals surface area (Å²) in [5, 5.41) is 10.8. The normalized spacial score (nSPS) is 11.4. The first kappa shape index (κ1) is 16.8. The number of anilines is 1. The van der Waals surface area contributed by atoms with Gasteiger partial charge in [-0.15, -0.1) is 10.2 Å². The van der Waals surface area contributed by atoms with Crippen LogP contribution in [-0.4, -0.2) is 27.8 Å². The summed E-state index contributed by atoms with van der Waals surface area (Å²) >= 11 is 0. The molecule has 130 valence electrons. The molecule has 7 nitrogen and oxygen atoms in total. The molecule has 1 aromatic carbocycles. The molecule has 0 radical (unpaired) electrons. The number of nitrogens with one attached hydrogen (secondary N) is 1. The number of rotatable bonds is 5. The largest absolute Gasteiger partial charge is 0.495 e. The number of nitrogens with zero attached hydrogens (tertiary/aromatic N) is 3. The van der Waals surface area contributed by atoms with Crippen LogP contribution in [0.3, 0.4) is 0 Å². The van der Waals surface area contributed by atoms with Crippen LogP contribution in [0.25, 0.3) is 11.5 Å². The Morgan fingerprint density at radius 3 is 2.56 bits per heavy atom. The molecule has 2 aromatic heterocycles. The molecule has 1 N–H and O–H groups in total. The Morgan fingerprint density at radius 2 is 1.96 bits per heavy atom. The molecule has 0 saturated carbocycles. The number of aryl methyl sites for hydroxylation is 1. The number of carbonyl (C=O) groups is 1. The Balaban J connectivity index is 1.92. The van der Waals surface area contributed by atoms with Crippen LogP contribution < -0.4 is 10.1 Å². The summed E-state index contributed by atoms with van der Waals surface area (Å²) < 4.78 is 12.7. The smallest absolute Gasteiger partial charge is 0.250 e. The Hall–Kier alpha value is -3.09. The second-order valence-corrected chi connectivity index (χ2v) is 6.14. The number of benzene rings is 1. The number of carbonyl (C=O) groups excluding carboxylic acids is 1. The lowest BCUT2D eigenvalue weighted by atomic mass is 10.0. The second kappa shape index (κ2) is 6.43. The van der Waals surface area contributed by atoms with Gasteiger partial charge in [-0.3, -0.25) is 4.79 Å². The summed E-state index contributed by atoms with van der Waals surface area (Å²) in [4.78, 5) is 12.8. The second-order valence-electron chi connectivity index (χ2n) is 6.14. The van der Waals surface area contributed by atoms with Gasteiger partial charge in [-0.05, 0) is 44.2 Å². The third-order valence-corrected chi connectivity index (χ3v) is 4.03. The Kier molecular flexibility index (Phi) is 4.31. The van der Waals surface area contributed by atoms with Gasteiger partial charge in [0.05, 0.1) is 12.8 Å². The van der Waals surface area contributed by atoms with Gasteiger partial charge in [0.15, 0.2) is 0 Å². The van der Waals surface area contributed by atoms with Crippen molar-refractivity contribution in [3.8, 4) is 17.2 Å². The van der Waals surface area contributed by atoms with Crippen molar-refractivity contribution in [3.05, 3.63) is 48.6 Å². The van der Waals surface area contributed by atoms with Crippen molar-refractivity contribution in [1.82, 2.24) is 14.8 Å². The minimum absolute atomic E-state index is 0.166. The molecule has 7 heteroatoms. The minimum Gasteiger partial charge on any atom is -0.495 e. The fourth-order valence-corrected chi connectivity index (χ4v) is 2.45. The predicted octanol–water partition coefficient (Wildman–Crippen LogP) is 3.23. The van der Waals surface area contributed by atoms with E-state index in [4.69, 9.17) is 9.15 Å². The molecule has 2 heterocycles. The maximum absolute atomic E-state index is 12.8. The van der Waals surface area contributed by atoms with Crippen LogP contribution in [0.2, 0.25) is 0 Å². The Morgan fingerprint density at radius 1 is 1.24 bits per heavy atom. The van der Waals surface area contributed by atoms with Gasteiger partial charge in [0.1, 0.15) is 11.3 Å². The maximum atomic E-state index is 12.8. The van der Waals surface area contributed by atoms with Crippen molar-refractivity contribution < 1.29 is 13.9 Å². The quantitative estimate of drug-likeness (QED) is 0.771. The van der Waals surface area contributed by atoms with Crippen molar-refractivity contribution in [2.45, 2.75) is 26.3 Å². The zero-order valence-corrected chi connectivity index (χ0v) is 14.6. The topological polar surface area (TPSA) is 82.2 Å².